The van der Waals surface area contributed by atoms with E-state index in [0.717, 1.165) is 34.0 Å². The maximum absolute atomic E-state index is 12.7. The Labute approximate surface area is 179 Å². The summed E-state index contributed by atoms with van der Waals surface area (Å²) in [5.41, 5.74) is 3.74. The van der Waals surface area contributed by atoms with Gasteiger partial charge in [-0.15, -0.1) is 0 Å². The fourth-order valence-corrected chi connectivity index (χ4v) is 3.63. The summed E-state index contributed by atoms with van der Waals surface area (Å²) in [7, 11) is 0. The monoisotopic (exact) mass is 418 g/mol. The van der Waals surface area contributed by atoms with Crippen LogP contribution in [0.25, 0.3) is 5.69 Å². The van der Waals surface area contributed by atoms with Crippen LogP contribution in [0.4, 0.5) is 0 Å². The van der Waals surface area contributed by atoms with E-state index in [-0.39, 0.29) is 18.7 Å². The lowest BCUT2D eigenvalue weighted by Gasteiger charge is -2.14. The van der Waals surface area contributed by atoms with Crippen LogP contribution in [-0.4, -0.2) is 34.3 Å². The Morgan fingerprint density at radius 2 is 2.03 bits per heavy atom. The van der Waals surface area contributed by atoms with Crippen molar-refractivity contribution in [2.24, 2.45) is 5.16 Å². The molecule has 0 unspecified atom stereocenters. The van der Waals surface area contributed by atoms with E-state index in [4.69, 9.17) is 14.3 Å². The highest BCUT2D eigenvalue weighted by Gasteiger charge is 2.29. The maximum atomic E-state index is 12.7. The van der Waals surface area contributed by atoms with Gasteiger partial charge in [0.2, 0.25) is 12.9 Å². The zero-order chi connectivity index (χ0) is 21.2. The van der Waals surface area contributed by atoms with Gasteiger partial charge in [0.1, 0.15) is 0 Å². The lowest BCUT2D eigenvalue weighted by atomic mass is 10.0. The zero-order valence-corrected chi connectivity index (χ0v) is 17.0. The minimum atomic E-state index is -0.629. The average molecular weight is 418 g/mol. The summed E-state index contributed by atoms with van der Waals surface area (Å²) in [6.45, 7) is 2.17. The maximum Gasteiger partial charge on any atom is 0.264 e. The van der Waals surface area contributed by atoms with Gasteiger partial charge < -0.3 is 19.6 Å². The molecular formula is C23H22N4O4. The van der Waals surface area contributed by atoms with E-state index in [9.17, 15) is 4.79 Å². The predicted molar refractivity (Wildman–Crippen MR) is 113 cm³/mol. The van der Waals surface area contributed by atoms with Crippen molar-refractivity contribution in [1.29, 1.82) is 0 Å². The number of ether oxygens (including phenoxy) is 2. The molecule has 1 aromatic heterocycles. The van der Waals surface area contributed by atoms with Crippen LogP contribution in [0.2, 0.25) is 0 Å². The van der Waals surface area contributed by atoms with Crippen LogP contribution in [0.5, 0.6) is 11.5 Å². The molecule has 158 valence electrons. The summed E-state index contributed by atoms with van der Waals surface area (Å²) in [6.07, 6.45) is 4.10. The minimum absolute atomic E-state index is 0.190. The van der Waals surface area contributed by atoms with Crippen molar-refractivity contribution in [2.45, 2.75) is 31.9 Å². The van der Waals surface area contributed by atoms with Crippen molar-refractivity contribution in [3.63, 3.8) is 0 Å². The normalized spacial score (nSPS) is 17.7. The number of nitrogens with one attached hydrogen (secondary N) is 1. The van der Waals surface area contributed by atoms with Gasteiger partial charge in [-0.05, 0) is 36.8 Å². The number of para-hydroxylation sites is 1. The standard InChI is InChI=1S/C23H22N4O4/c1-15(17-12-24-27(13-17)19-5-3-2-4-6-19)25-23(28)22-11-18(26-31-22)9-16-7-8-20-21(10-16)30-14-29-20/h2-8,10,12-13,15,22H,9,11,14H2,1H3,(H,25,28)/t15-,22+/m0/s1. The molecule has 31 heavy (non-hydrogen) atoms. The second-order valence-corrected chi connectivity index (χ2v) is 7.60. The Morgan fingerprint density at radius 3 is 2.90 bits per heavy atom. The molecule has 2 atom stereocenters. The lowest BCUT2D eigenvalue weighted by molar-refractivity contribution is -0.131. The van der Waals surface area contributed by atoms with E-state index in [1.54, 1.807) is 10.9 Å². The van der Waals surface area contributed by atoms with Crippen LogP contribution in [0, 0.1) is 0 Å². The Bertz CT molecular complexity index is 1130. The summed E-state index contributed by atoms with van der Waals surface area (Å²) in [5.74, 6) is 1.29. The molecular weight excluding hydrogens is 396 g/mol. The Hall–Kier alpha value is -3.81. The first kappa shape index (κ1) is 19.2. The van der Waals surface area contributed by atoms with E-state index >= 15 is 0 Å². The molecule has 3 heterocycles. The molecule has 0 saturated heterocycles. The van der Waals surface area contributed by atoms with Gasteiger partial charge in [0.25, 0.3) is 5.91 Å². The number of nitrogens with zero attached hydrogens (tertiary/aromatic N) is 3. The molecule has 0 aliphatic carbocycles. The van der Waals surface area contributed by atoms with E-state index in [1.807, 2.05) is 61.7 Å². The highest BCUT2D eigenvalue weighted by molar-refractivity contribution is 5.94. The van der Waals surface area contributed by atoms with Crippen molar-refractivity contribution >= 4 is 11.6 Å². The van der Waals surface area contributed by atoms with Crippen LogP contribution >= 0.6 is 0 Å². The van der Waals surface area contributed by atoms with E-state index in [2.05, 4.69) is 15.6 Å². The molecule has 0 radical (unpaired) electrons. The lowest BCUT2D eigenvalue weighted by Crippen LogP contribution is -2.36. The van der Waals surface area contributed by atoms with Crippen molar-refractivity contribution in [2.75, 3.05) is 6.79 Å². The van der Waals surface area contributed by atoms with Gasteiger partial charge in [-0.1, -0.05) is 29.4 Å². The third-order valence-electron chi connectivity index (χ3n) is 5.35. The summed E-state index contributed by atoms with van der Waals surface area (Å²) < 4.78 is 12.5. The largest absolute Gasteiger partial charge is 0.454 e. The molecule has 3 aromatic rings. The number of oxime groups is 1. The fraction of sp³-hybridized carbons (Fsp3) is 0.261. The SMILES string of the molecule is C[C@H](NC(=O)[C@H]1CC(Cc2ccc3c(c2)OCO3)=NO1)c1cnn(-c2ccccc2)c1. The number of hydrogen-bond donors (Lipinski definition) is 1. The minimum Gasteiger partial charge on any atom is -0.454 e. The topological polar surface area (TPSA) is 87.0 Å². The molecule has 0 bridgehead atoms. The molecule has 2 aliphatic rings. The Kier molecular flexibility index (Phi) is 5.03. The smallest absolute Gasteiger partial charge is 0.264 e. The first-order valence-electron chi connectivity index (χ1n) is 10.2. The number of carbonyl (C=O) groups is 1. The van der Waals surface area contributed by atoms with Crippen LogP contribution in [0.3, 0.4) is 0 Å². The first-order chi connectivity index (χ1) is 15.2. The molecule has 0 fully saturated rings. The second kappa shape index (κ2) is 8.14. The van der Waals surface area contributed by atoms with E-state index < -0.39 is 6.10 Å². The van der Waals surface area contributed by atoms with E-state index in [1.165, 1.54) is 0 Å². The van der Waals surface area contributed by atoms with Gasteiger partial charge in [0.15, 0.2) is 11.5 Å². The third kappa shape index (κ3) is 4.09. The van der Waals surface area contributed by atoms with Crippen molar-refractivity contribution in [3.8, 4) is 17.2 Å². The van der Waals surface area contributed by atoms with Crippen molar-refractivity contribution in [3.05, 3.63) is 72.1 Å². The highest BCUT2D eigenvalue weighted by atomic mass is 16.7. The van der Waals surface area contributed by atoms with Gasteiger partial charge in [0.05, 0.1) is 23.6 Å². The van der Waals surface area contributed by atoms with Crippen LogP contribution in [-0.2, 0) is 16.1 Å². The van der Waals surface area contributed by atoms with Crippen LogP contribution in [0.1, 0.15) is 30.5 Å². The summed E-state index contributed by atoms with van der Waals surface area (Å²) >= 11 is 0. The van der Waals surface area contributed by atoms with Gasteiger partial charge in [0, 0.05) is 24.6 Å². The number of aromatic nitrogens is 2. The molecule has 2 aromatic carbocycles. The summed E-state index contributed by atoms with van der Waals surface area (Å²) in [6, 6.07) is 15.4. The average Bonchev–Trinajstić information content (AvgIpc) is 3.54. The zero-order valence-electron chi connectivity index (χ0n) is 17.0. The fourth-order valence-electron chi connectivity index (χ4n) is 3.63. The molecule has 8 nitrogen and oxygen atoms in total. The molecule has 0 saturated carbocycles. The first-order valence-corrected chi connectivity index (χ1v) is 10.2. The van der Waals surface area contributed by atoms with Gasteiger partial charge in [-0.2, -0.15) is 5.10 Å². The molecule has 5 rings (SSSR count). The Morgan fingerprint density at radius 1 is 1.19 bits per heavy atom. The third-order valence-corrected chi connectivity index (χ3v) is 5.35. The van der Waals surface area contributed by atoms with Gasteiger partial charge >= 0.3 is 0 Å². The molecule has 2 aliphatic heterocycles. The van der Waals surface area contributed by atoms with Crippen LogP contribution < -0.4 is 14.8 Å². The number of rotatable bonds is 6. The number of carbonyl (C=O) groups excluding carboxylic acids is 1. The van der Waals surface area contributed by atoms with Gasteiger partial charge in [-0.25, -0.2) is 4.68 Å². The molecule has 1 N–H and O–H groups in total. The quantitative estimate of drug-likeness (QED) is 0.665. The van der Waals surface area contributed by atoms with Crippen LogP contribution in [0.15, 0.2) is 66.1 Å². The second-order valence-electron chi connectivity index (χ2n) is 7.60. The number of hydrogen-bond acceptors (Lipinski definition) is 6. The molecule has 1 amide bonds. The van der Waals surface area contributed by atoms with Crippen molar-refractivity contribution < 1.29 is 19.1 Å². The predicted octanol–water partition coefficient (Wildman–Crippen LogP) is 3.17. The summed E-state index contributed by atoms with van der Waals surface area (Å²) in [4.78, 5) is 18.1. The van der Waals surface area contributed by atoms with Gasteiger partial charge in [-0.3, -0.25) is 4.79 Å². The highest BCUT2D eigenvalue weighted by Crippen LogP contribution is 2.33. The number of fused-ring (bicyclic) bond motifs is 1. The summed E-state index contributed by atoms with van der Waals surface area (Å²) in [5, 5.41) is 11.5. The molecule has 0 spiro atoms. The number of amides is 1. The Balaban J connectivity index is 1.16. The molecule has 8 heteroatoms. The van der Waals surface area contributed by atoms with Crippen molar-refractivity contribution in [1.82, 2.24) is 15.1 Å². The number of benzene rings is 2. The van der Waals surface area contributed by atoms with E-state index in [0.29, 0.717) is 12.8 Å².